The summed E-state index contributed by atoms with van der Waals surface area (Å²) in [6.45, 7) is 4.53. The number of carbonyl (C=O) groups excluding carboxylic acids is 1. The third-order valence-corrected chi connectivity index (χ3v) is 5.02. The van der Waals surface area contributed by atoms with E-state index in [2.05, 4.69) is 22.0 Å². The van der Waals surface area contributed by atoms with Crippen LogP contribution in [0.3, 0.4) is 0 Å². The van der Waals surface area contributed by atoms with Crippen LogP contribution in [0.1, 0.15) is 15.9 Å². The third kappa shape index (κ3) is 2.86. The fourth-order valence-corrected chi connectivity index (χ4v) is 3.50. The minimum atomic E-state index is -0.109. The van der Waals surface area contributed by atoms with Gasteiger partial charge in [0.15, 0.2) is 0 Å². The molecule has 26 heavy (non-hydrogen) atoms. The highest BCUT2D eigenvalue weighted by Crippen LogP contribution is 2.27. The molecule has 1 saturated heterocycles. The summed E-state index contributed by atoms with van der Waals surface area (Å²) in [7, 11) is 0. The SMILES string of the molecule is Cc1cccc(C(=O)N2CCN(c3cncc4ccccc34)CC2)c1O. The van der Waals surface area contributed by atoms with Crippen molar-refractivity contribution >= 4 is 22.4 Å². The zero-order chi connectivity index (χ0) is 18.1. The Morgan fingerprint density at radius 2 is 1.77 bits per heavy atom. The van der Waals surface area contributed by atoms with Crippen molar-refractivity contribution in [2.75, 3.05) is 31.1 Å². The molecule has 0 atom stereocenters. The second-order valence-corrected chi connectivity index (χ2v) is 6.63. The maximum absolute atomic E-state index is 12.8. The molecule has 0 unspecified atom stereocenters. The molecule has 0 radical (unpaired) electrons. The number of carbonyl (C=O) groups is 1. The predicted octanol–water partition coefficient (Wildman–Crippen LogP) is 3.21. The van der Waals surface area contributed by atoms with Crippen molar-refractivity contribution in [2.45, 2.75) is 6.92 Å². The van der Waals surface area contributed by atoms with Crippen molar-refractivity contribution in [2.24, 2.45) is 0 Å². The molecule has 1 aromatic heterocycles. The van der Waals surface area contributed by atoms with Crippen LogP contribution in [0.15, 0.2) is 54.9 Å². The van der Waals surface area contributed by atoms with Gasteiger partial charge in [0.25, 0.3) is 5.91 Å². The van der Waals surface area contributed by atoms with Gasteiger partial charge in [-0.1, -0.05) is 36.4 Å². The predicted molar refractivity (Wildman–Crippen MR) is 103 cm³/mol. The van der Waals surface area contributed by atoms with Gasteiger partial charge in [0.1, 0.15) is 5.75 Å². The third-order valence-electron chi connectivity index (χ3n) is 5.02. The zero-order valence-corrected chi connectivity index (χ0v) is 14.7. The second kappa shape index (κ2) is 6.67. The number of rotatable bonds is 2. The number of piperazine rings is 1. The van der Waals surface area contributed by atoms with Gasteiger partial charge in [-0.05, 0) is 18.6 Å². The van der Waals surface area contributed by atoms with Gasteiger partial charge in [0.2, 0.25) is 0 Å². The Morgan fingerprint density at radius 3 is 2.58 bits per heavy atom. The average Bonchev–Trinajstić information content (AvgIpc) is 2.69. The maximum atomic E-state index is 12.8. The highest BCUT2D eigenvalue weighted by atomic mass is 16.3. The lowest BCUT2D eigenvalue weighted by atomic mass is 10.1. The van der Waals surface area contributed by atoms with Gasteiger partial charge in [-0.15, -0.1) is 0 Å². The molecule has 0 spiro atoms. The minimum absolute atomic E-state index is 0.0817. The normalized spacial score (nSPS) is 14.7. The van der Waals surface area contributed by atoms with Crippen LogP contribution in [0.4, 0.5) is 5.69 Å². The summed E-state index contributed by atoms with van der Waals surface area (Å²) in [6.07, 6.45) is 3.77. The first kappa shape index (κ1) is 16.4. The lowest BCUT2D eigenvalue weighted by Crippen LogP contribution is -2.48. The van der Waals surface area contributed by atoms with E-state index in [-0.39, 0.29) is 11.7 Å². The number of nitrogens with zero attached hydrogens (tertiary/aromatic N) is 3. The molecule has 4 rings (SSSR count). The smallest absolute Gasteiger partial charge is 0.257 e. The molecule has 1 aliphatic rings. The molecule has 0 aliphatic carbocycles. The zero-order valence-electron chi connectivity index (χ0n) is 14.7. The van der Waals surface area contributed by atoms with E-state index in [1.807, 2.05) is 29.4 Å². The number of benzene rings is 2. The Hall–Kier alpha value is -3.08. The van der Waals surface area contributed by atoms with E-state index in [0.29, 0.717) is 18.7 Å². The van der Waals surface area contributed by atoms with Gasteiger partial charge in [-0.3, -0.25) is 9.78 Å². The Morgan fingerprint density at radius 1 is 1.00 bits per heavy atom. The molecule has 2 heterocycles. The number of fused-ring (bicyclic) bond motifs is 1. The number of aromatic hydroxyl groups is 1. The average molecular weight is 347 g/mol. The Labute approximate surface area is 152 Å². The van der Waals surface area contributed by atoms with Crippen molar-refractivity contribution in [3.63, 3.8) is 0 Å². The molecular formula is C21H21N3O2. The number of hydrogen-bond donors (Lipinski definition) is 1. The molecule has 3 aromatic rings. The summed E-state index contributed by atoms with van der Waals surface area (Å²) in [5.74, 6) is -0.0277. The fraction of sp³-hybridized carbons (Fsp3) is 0.238. The van der Waals surface area contributed by atoms with E-state index in [9.17, 15) is 9.90 Å². The van der Waals surface area contributed by atoms with Crippen molar-refractivity contribution in [3.05, 3.63) is 66.0 Å². The van der Waals surface area contributed by atoms with Gasteiger partial charge >= 0.3 is 0 Å². The molecule has 1 aliphatic heterocycles. The molecular weight excluding hydrogens is 326 g/mol. The molecule has 0 saturated carbocycles. The Bertz CT molecular complexity index is 957. The summed E-state index contributed by atoms with van der Waals surface area (Å²) in [5, 5.41) is 12.5. The first-order valence-corrected chi connectivity index (χ1v) is 8.80. The molecule has 1 N–H and O–H groups in total. The van der Waals surface area contributed by atoms with Crippen molar-refractivity contribution < 1.29 is 9.90 Å². The molecule has 0 bridgehead atoms. The van der Waals surface area contributed by atoms with Crippen LogP contribution in [0.25, 0.3) is 10.8 Å². The number of phenolic OH excluding ortho intramolecular Hbond substituents is 1. The van der Waals surface area contributed by atoms with Crippen molar-refractivity contribution in [1.82, 2.24) is 9.88 Å². The summed E-state index contributed by atoms with van der Waals surface area (Å²) in [6, 6.07) is 13.5. The number of aromatic nitrogens is 1. The van der Waals surface area contributed by atoms with E-state index >= 15 is 0 Å². The van der Waals surface area contributed by atoms with Crippen LogP contribution < -0.4 is 4.90 Å². The van der Waals surface area contributed by atoms with Gasteiger partial charge in [-0.2, -0.15) is 0 Å². The lowest BCUT2D eigenvalue weighted by molar-refractivity contribution is 0.0743. The van der Waals surface area contributed by atoms with Crippen LogP contribution in [-0.2, 0) is 0 Å². The molecule has 1 fully saturated rings. The largest absolute Gasteiger partial charge is 0.507 e. The minimum Gasteiger partial charge on any atom is -0.507 e. The number of phenols is 1. The van der Waals surface area contributed by atoms with E-state index in [0.717, 1.165) is 29.7 Å². The first-order chi connectivity index (χ1) is 12.6. The highest BCUT2D eigenvalue weighted by molar-refractivity contribution is 5.97. The summed E-state index contributed by atoms with van der Waals surface area (Å²) in [4.78, 5) is 21.2. The molecule has 132 valence electrons. The summed E-state index contributed by atoms with van der Waals surface area (Å²) < 4.78 is 0. The van der Waals surface area contributed by atoms with Crippen LogP contribution in [0, 0.1) is 6.92 Å². The molecule has 5 heteroatoms. The number of hydrogen-bond acceptors (Lipinski definition) is 4. The van der Waals surface area contributed by atoms with Crippen LogP contribution in [0.2, 0.25) is 0 Å². The topological polar surface area (TPSA) is 56.7 Å². The number of amides is 1. The molecule has 1 amide bonds. The standard InChI is InChI=1S/C21H21N3O2/c1-15-5-4-8-18(20(15)25)21(26)24-11-9-23(10-12-24)19-14-22-13-16-6-2-3-7-17(16)19/h2-8,13-14,25H,9-12H2,1H3. The lowest BCUT2D eigenvalue weighted by Gasteiger charge is -2.36. The van der Waals surface area contributed by atoms with Gasteiger partial charge in [0.05, 0.1) is 17.4 Å². The van der Waals surface area contributed by atoms with Crippen LogP contribution in [-0.4, -0.2) is 47.1 Å². The monoisotopic (exact) mass is 347 g/mol. The second-order valence-electron chi connectivity index (χ2n) is 6.63. The van der Waals surface area contributed by atoms with Gasteiger partial charge in [-0.25, -0.2) is 0 Å². The number of anilines is 1. The molecule has 5 nitrogen and oxygen atoms in total. The summed E-state index contributed by atoms with van der Waals surface area (Å²) >= 11 is 0. The molecule has 2 aromatic carbocycles. The first-order valence-electron chi connectivity index (χ1n) is 8.80. The van der Waals surface area contributed by atoms with Crippen LogP contribution in [0.5, 0.6) is 5.75 Å². The van der Waals surface area contributed by atoms with E-state index in [4.69, 9.17) is 0 Å². The van der Waals surface area contributed by atoms with E-state index < -0.39 is 0 Å². The van der Waals surface area contributed by atoms with E-state index in [1.165, 1.54) is 5.39 Å². The van der Waals surface area contributed by atoms with Crippen molar-refractivity contribution in [3.8, 4) is 5.75 Å². The van der Waals surface area contributed by atoms with Gasteiger partial charge < -0.3 is 14.9 Å². The number of pyridine rings is 1. The maximum Gasteiger partial charge on any atom is 0.257 e. The van der Waals surface area contributed by atoms with E-state index in [1.54, 1.807) is 25.1 Å². The Kier molecular flexibility index (Phi) is 4.21. The number of aryl methyl sites for hydroxylation is 1. The summed E-state index contributed by atoms with van der Waals surface area (Å²) in [5.41, 5.74) is 2.20. The van der Waals surface area contributed by atoms with Gasteiger partial charge in [0, 0.05) is 43.1 Å². The fourth-order valence-electron chi connectivity index (χ4n) is 3.50. The van der Waals surface area contributed by atoms with Crippen molar-refractivity contribution in [1.29, 1.82) is 0 Å². The Balaban J connectivity index is 1.52. The quantitative estimate of drug-likeness (QED) is 0.773. The number of para-hydroxylation sites is 1. The van der Waals surface area contributed by atoms with Crippen LogP contribution >= 0.6 is 0 Å². The highest BCUT2D eigenvalue weighted by Gasteiger charge is 2.25.